The standard InChI is InChI=1S/C18H24N2O/c1-4-14-11-15(20(3)19-14)12-18(21)10-9-13(2)16-7-5-6-8-17(16)18/h5-8,11,13,21H,4,9-10,12H2,1-3H3. The van der Waals surface area contributed by atoms with Gasteiger partial charge in [-0.3, -0.25) is 4.68 Å². The Kier molecular flexibility index (Phi) is 3.62. The zero-order valence-electron chi connectivity index (χ0n) is 13.1. The van der Waals surface area contributed by atoms with Gasteiger partial charge >= 0.3 is 0 Å². The minimum Gasteiger partial charge on any atom is -0.385 e. The van der Waals surface area contributed by atoms with Crippen molar-refractivity contribution in [1.29, 1.82) is 0 Å². The maximum absolute atomic E-state index is 11.3. The van der Waals surface area contributed by atoms with Crippen LogP contribution in [0.5, 0.6) is 0 Å². The fraction of sp³-hybridized carbons (Fsp3) is 0.500. The Balaban J connectivity index is 1.97. The van der Waals surface area contributed by atoms with E-state index in [1.165, 1.54) is 5.56 Å². The molecule has 21 heavy (non-hydrogen) atoms. The molecule has 3 heteroatoms. The Hall–Kier alpha value is -1.61. The fourth-order valence-electron chi connectivity index (χ4n) is 3.49. The number of rotatable bonds is 3. The van der Waals surface area contributed by atoms with Crippen molar-refractivity contribution in [2.45, 2.75) is 51.0 Å². The molecule has 2 unspecified atom stereocenters. The van der Waals surface area contributed by atoms with Gasteiger partial charge in [0.25, 0.3) is 0 Å². The molecule has 0 fully saturated rings. The molecule has 3 rings (SSSR count). The van der Waals surface area contributed by atoms with Crippen LogP contribution in [0.25, 0.3) is 0 Å². The molecule has 2 atom stereocenters. The van der Waals surface area contributed by atoms with E-state index in [0.29, 0.717) is 12.3 Å². The summed E-state index contributed by atoms with van der Waals surface area (Å²) in [6.07, 6.45) is 3.42. The number of aryl methyl sites for hydroxylation is 2. The van der Waals surface area contributed by atoms with E-state index in [9.17, 15) is 5.11 Å². The molecule has 1 heterocycles. The number of aliphatic hydroxyl groups is 1. The molecular weight excluding hydrogens is 260 g/mol. The summed E-state index contributed by atoms with van der Waals surface area (Å²) in [5, 5.41) is 15.8. The molecule has 0 spiro atoms. The minimum atomic E-state index is -0.762. The summed E-state index contributed by atoms with van der Waals surface area (Å²) in [6, 6.07) is 10.5. The monoisotopic (exact) mass is 284 g/mol. The van der Waals surface area contributed by atoms with Gasteiger partial charge in [-0.1, -0.05) is 38.1 Å². The third-order valence-electron chi connectivity index (χ3n) is 4.85. The second-order valence-corrected chi connectivity index (χ2v) is 6.34. The van der Waals surface area contributed by atoms with Gasteiger partial charge in [-0.2, -0.15) is 5.10 Å². The zero-order chi connectivity index (χ0) is 15.0. The minimum absolute atomic E-state index is 0.527. The molecule has 1 aliphatic rings. The second-order valence-electron chi connectivity index (χ2n) is 6.34. The lowest BCUT2D eigenvalue weighted by molar-refractivity contribution is 0.0142. The summed E-state index contributed by atoms with van der Waals surface area (Å²) in [4.78, 5) is 0. The molecule has 1 aromatic carbocycles. The van der Waals surface area contributed by atoms with E-state index < -0.39 is 5.60 Å². The summed E-state index contributed by atoms with van der Waals surface area (Å²) in [6.45, 7) is 4.36. The predicted octanol–water partition coefficient (Wildman–Crippen LogP) is 3.31. The summed E-state index contributed by atoms with van der Waals surface area (Å²) in [7, 11) is 1.97. The summed E-state index contributed by atoms with van der Waals surface area (Å²) < 4.78 is 1.91. The van der Waals surface area contributed by atoms with E-state index in [1.54, 1.807) is 0 Å². The van der Waals surface area contributed by atoms with Crippen LogP contribution in [0.2, 0.25) is 0 Å². The molecule has 0 aliphatic heterocycles. The summed E-state index contributed by atoms with van der Waals surface area (Å²) >= 11 is 0. The fourth-order valence-corrected chi connectivity index (χ4v) is 3.49. The van der Waals surface area contributed by atoms with Crippen molar-refractivity contribution in [3.05, 3.63) is 52.8 Å². The van der Waals surface area contributed by atoms with Crippen molar-refractivity contribution >= 4 is 0 Å². The first kappa shape index (κ1) is 14.3. The molecule has 3 nitrogen and oxygen atoms in total. The predicted molar refractivity (Wildman–Crippen MR) is 84.3 cm³/mol. The molecule has 1 aromatic heterocycles. The topological polar surface area (TPSA) is 38.0 Å². The van der Waals surface area contributed by atoms with Gasteiger partial charge in [-0.05, 0) is 42.4 Å². The highest BCUT2D eigenvalue weighted by atomic mass is 16.3. The molecule has 112 valence electrons. The van der Waals surface area contributed by atoms with E-state index in [2.05, 4.69) is 43.2 Å². The molecule has 2 aromatic rings. The van der Waals surface area contributed by atoms with Gasteiger partial charge in [0.05, 0.1) is 11.3 Å². The van der Waals surface area contributed by atoms with Crippen molar-refractivity contribution in [3.8, 4) is 0 Å². The number of hydrogen-bond donors (Lipinski definition) is 1. The normalized spacial score (nSPS) is 24.9. The summed E-state index contributed by atoms with van der Waals surface area (Å²) in [5.74, 6) is 0.527. The maximum Gasteiger partial charge on any atom is 0.0954 e. The number of benzene rings is 1. The Morgan fingerprint density at radius 2 is 2.14 bits per heavy atom. The lowest BCUT2D eigenvalue weighted by Gasteiger charge is -2.37. The molecule has 0 radical (unpaired) electrons. The molecule has 1 aliphatic carbocycles. The Morgan fingerprint density at radius 3 is 2.86 bits per heavy atom. The Morgan fingerprint density at radius 1 is 1.38 bits per heavy atom. The quantitative estimate of drug-likeness (QED) is 0.939. The average Bonchev–Trinajstić information content (AvgIpc) is 2.84. The molecule has 0 amide bonds. The van der Waals surface area contributed by atoms with E-state index >= 15 is 0 Å². The largest absolute Gasteiger partial charge is 0.385 e. The Labute approximate surface area is 126 Å². The van der Waals surface area contributed by atoms with Crippen LogP contribution in [0.15, 0.2) is 30.3 Å². The second kappa shape index (κ2) is 5.30. The first-order chi connectivity index (χ1) is 10.0. The van der Waals surface area contributed by atoms with Crippen LogP contribution in [-0.4, -0.2) is 14.9 Å². The molecule has 0 bridgehead atoms. The van der Waals surface area contributed by atoms with Gasteiger partial charge in [0.2, 0.25) is 0 Å². The van der Waals surface area contributed by atoms with E-state index in [0.717, 1.165) is 36.2 Å². The van der Waals surface area contributed by atoms with Gasteiger partial charge < -0.3 is 5.11 Å². The van der Waals surface area contributed by atoms with Gasteiger partial charge in [-0.25, -0.2) is 0 Å². The summed E-state index contributed by atoms with van der Waals surface area (Å²) in [5.41, 5.74) is 3.83. The van der Waals surface area contributed by atoms with E-state index in [4.69, 9.17) is 0 Å². The first-order valence-electron chi connectivity index (χ1n) is 7.87. The number of hydrogen-bond acceptors (Lipinski definition) is 2. The zero-order valence-corrected chi connectivity index (χ0v) is 13.1. The lowest BCUT2D eigenvalue weighted by atomic mass is 9.72. The molecule has 0 saturated carbocycles. The van der Waals surface area contributed by atoms with Crippen LogP contribution in [0, 0.1) is 0 Å². The van der Waals surface area contributed by atoms with Crippen LogP contribution in [-0.2, 0) is 25.5 Å². The molecule has 1 N–H and O–H groups in total. The van der Waals surface area contributed by atoms with Crippen molar-refractivity contribution in [3.63, 3.8) is 0 Å². The SMILES string of the molecule is CCc1cc(CC2(O)CCC(C)c3ccccc32)n(C)n1. The van der Waals surface area contributed by atoms with Crippen molar-refractivity contribution in [2.24, 2.45) is 7.05 Å². The van der Waals surface area contributed by atoms with Crippen molar-refractivity contribution in [2.75, 3.05) is 0 Å². The van der Waals surface area contributed by atoms with E-state index in [-0.39, 0.29) is 0 Å². The number of nitrogens with zero attached hydrogens (tertiary/aromatic N) is 2. The first-order valence-corrected chi connectivity index (χ1v) is 7.87. The van der Waals surface area contributed by atoms with Gasteiger partial charge in [0.1, 0.15) is 0 Å². The molecule has 0 saturated heterocycles. The number of aromatic nitrogens is 2. The third-order valence-corrected chi connectivity index (χ3v) is 4.85. The van der Waals surface area contributed by atoms with Crippen molar-refractivity contribution in [1.82, 2.24) is 9.78 Å². The van der Waals surface area contributed by atoms with Crippen LogP contribution >= 0.6 is 0 Å². The van der Waals surface area contributed by atoms with Gasteiger partial charge in [0.15, 0.2) is 0 Å². The van der Waals surface area contributed by atoms with E-state index in [1.807, 2.05) is 17.8 Å². The highest BCUT2D eigenvalue weighted by Gasteiger charge is 2.37. The molecular formula is C18H24N2O. The van der Waals surface area contributed by atoms with Crippen LogP contribution in [0.1, 0.15) is 55.1 Å². The van der Waals surface area contributed by atoms with Crippen LogP contribution < -0.4 is 0 Å². The maximum atomic E-state index is 11.3. The average molecular weight is 284 g/mol. The highest BCUT2D eigenvalue weighted by molar-refractivity contribution is 5.38. The third kappa shape index (κ3) is 2.51. The van der Waals surface area contributed by atoms with Gasteiger partial charge in [0, 0.05) is 19.2 Å². The lowest BCUT2D eigenvalue weighted by Crippen LogP contribution is -2.34. The van der Waals surface area contributed by atoms with Crippen molar-refractivity contribution < 1.29 is 5.11 Å². The highest BCUT2D eigenvalue weighted by Crippen LogP contribution is 2.42. The van der Waals surface area contributed by atoms with Gasteiger partial charge in [-0.15, -0.1) is 0 Å². The van der Waals surface area contributed by atoms with Crippen LogP contribution in [0.4, 0.5) is 0 Å². The number of fused-ring (bicyclic) bond motifs is 1. The Bertz CT molecular complexity index is 646. The van der Waals surface area contributed by atoms with Crippen LogP contribution in [0.3, 0.4) is 0 Å². The smallest absolute Gasteiger partial charge is 0.0954 e.